The van der Waals surface area contributed by atoms with Gasteiger partial charge in [-0.1, -0.05) is 0 Å². The SMILES string of the molecule is CN(C)C(N)=C=S(=O)=O. The van der Waals surface area contributed by atoms with Crippen LogP contribution in [0.25, 0.3) is 0 Å². The molecule has 0 bridgehead atoms. The number of hydrogen-bond donors (Lipinski definition) is 1. The van der Waals surface area contributed by atoms with Crippen LogP contribution >= 0.6 is 0 Å². The lowest BCUT2D eigenvalue weighted by Crippen LogP contribution is -2.18. The van der Waals surface area contributed by atoms with Gasteiger partial charge in [0, 0.05) is 14.1 Å². The maximum absolute atomic E-state index is 9.88. The van der Waals surface area contributed by atoms with Gasteiger partial charge in [-0.25, -0.2) is 0 Å². The highest BCUT2D eigenvalue weighted by Crippen LogP contribution is 1.76. The van der Waals surface area contributed by atoms with Crippen molar-refractivity contribution in [3.8, 4) is 0 Å². The van der Waals surface area contributed by atoms with Crippen molar-refractivity contribution in [2.75, 3.05) is 14.1 Å². The van der Waals surface area contributed by atoms with Gasteiger partial charge in [-0.15, -0.1) is 0 Å². The van der Waals surface area contributed by atoms with Crippen molar-refractivity contribution in [1.82, 2.24) is 4.90 Å². The summed E-state index contributed by atoms with van der Waals surface area (Å²) in [5.41, 5.74) is 5.16. The quantitative estimate of drug-likeness (QED) is 0.466. The van der Waals surface area contributed by atoms with Crippen molar-refractivity contribution in [3.05, 3.63) is 5.82 Å². The van der Waals surface area contributed by atoms with Crippen LogP contribution in [0.5, 0.6) is 0 Å². The molecule has 52 valence electrons. The molecular weight excluding hydrogens is 140 g/mol. The van der Waals surface area contributed by atoms with E-state index < -0.39 is 10.3 Å². The van der Waals surface area contributed by atoms with Crippen molar-refractivity contribution >= 4 is 15.3 Å². The molecule has 9 heavy (non-hydrogen) atoms. The van der Waals surface area contributed by atoms with Crippen LogP contribution < -0.4 is 5.73 Å². The normalized spacial score (nSPS) is 7.78. The smallest absolute Gasteiger partial charge is 0.263 e. The van der Waals surface area contributed by atoms with E-state index in [4.69, 9.17) is 5.73 Å². The highest BCUT2D eigenvalue weighted by molar-refractivity contribution is 7.70. The third kappa shape index (κ3) is 3.64. The summed E-state index contributed by atoms with van der Waals surface area (Å²) in [5, 5.41) is 1.98. The molecule has 0 saturated carbocycles. The fourth-order valence-corrected chi connectivity index (χ4v) is 0.530. The minimum atomic E-state index is -2.32. The summed E-state index contributed by atoms with van der Waals surface area (Å²) >= 11 is 0. The largest absolute Gasteiger partial charge is 0.378 e. The molecule has 0 aliphatic rings. The van der Waals surface area contributed by atoms with Crippen molar-refractivity contribution in [3.63, 3.8) is 0 Å². The topological polar surface area (TPSA) is 63.4 Å². The molecule has 0 fully saturated rings. The fraction of sp³-hybridized carbons (Fsp3) is 0.500. The predicted molar refractivity (Wildman–Crippen MR) is 35.3 cm³/mol. The summed E-state index contributed by atoms with van der Waals surface area (Å²) in [4.78, 5) is 1.45. The molecule has 0 spiro atoms. The monoisotopic (exact) mass is 148 g/mol. The Balaban J connectivity index is 4.78. The zero-order valence-electron chi connectivity index (χ0n) is 5.25. The van der Waals surface area contributed by atoms with E-state index in [0.29, 0.717) is 0 Å². The van der Waals surface area contributed by atoms with Crippen LogP contribution in [0, 0.1) is 0 Å². The summed E-state index contributed by atoms with van der Waals surface area (Å²) < 4.78 is 19.8. The van der Waals surface area contributed by atoms with Crippen LogP contribution in [-0.2, 0) is 10.3 Å². The van der Waals surface area contributed by atoms with Crippen LogP contribution in [0.1, 0.15) is 0 Å². The summed E-state index contributed by atoms with van der Waals surface area (Å²) in [6, 6.07) is 0. The second-order valence-corrected chi connectivity index (χ2v) is 2.29. The van der Waals surface area contributed by atoms with Gasteiger partial charge >= 0.3 is 0 Å². The third-order valence-corrected chi connectivity index (χ3v) is 1.05. The van der Waals surface area contributed by atoms with Crippen LogP contribution in [-0.4, -0.2) is 32.4 Å². The van der Waals surface area contributed by atoms with Gasteiger partial charge in [0.05, 0.1) is 5.02 Å². The molecule has 0 aliphatic heterocycles. The van der Waals surface area contributed by atoms with Gasteiger partial charge in [-0.3, -0.25) is 0 Å². The minimum Gasteiger partial charge on any atom is -0.378 e. The van der Waals surface area contributed by atoms with Gasteiger partial charge in [0.1, 0.15) is 0 Å². The number of nitrogens with zero attached hydrogens (tertiary/aromatic N) is 1. The molecular formula is C4H8N2O2S. The molecule has 0 rings (SSSR count). The van der Waals surface area contributed by atoms with E-state index in [2.05, 4.69) is 0 Å². The summed E-state index contributed by atoms with van der Waals surface area (Å²) in [5.74, 6) is 0.100. The molecule has 0 saturated heterocycles. The Morgan fingerprint density at radius 2 is 2.00 bits per heavy atom. The predicted octanol–water partition coefficient (Wildman–Crippen LogP) is -1.37. The van der Waals surface area contributed by atoms with Crippen LogP contribution in [0.3, 0.4) is 0 Å². The second-order valence-electron chi connectivity index (χ2n) is 1.62. The summed E-state index contributed by atoms with van der Waals surface area (Å²) in [6.45, 7) is 0. The molecule has 2 N–H and O–H groups in total. The van der Waals surface area contributed by atoms with Crippen molar-refractivity contribution in [1.29, 1.82) is 0 Å². The average molecular weight is 148 g/mol. The molecule has 0 radical (unpaired) electrons. The molecule has 0 aliphatic carbocycles. The van der Waals surface area contributed by atoms with Crippen LogP contribution in [0.15, 0.2) is 5.82 Å². The lowest BCUT2D eigenvalue weighted by molar-refractivity contribution is 0.514. The van der Waals surface area contributed by atoms with Gasteiger partial charge < -0.3 is 10.6 Å². The first kappa shape index (κ1) is 8.07. The summed E-state index contributed by atoms with van der Waals surface area (Å²) in [7, 11) is 0.948. The Labute approximate surface area is 55.1 Å². The molecule has 0 amide bonds. The van der Waals surface area contributed by atoms with Gasteiger partial charge in [0.25, 0.3) is 10.3 Å². The van der Waals surface area contributed by atoms with Crippen molar-refractivity contribution < 1.29 is 8.42 Å². The fourth-order valence-electron chi connectivity index (χ4n) is 0.177. The maximum Gasteiger partial charge on any atom is 0.263 e. The Morgan fingerprint density at radius 3 is 2.11 bits per heavy atom. The van der Waals surface area contributed by atoms with Crippen LogP contribution in [0.4, 0.5) is 0 Å². The molecule has 0 unspecified atom stereocenters. The van der Waals surface area contributed by atoms with Gasteiger partial charge in [0.15, 0.2) is 5.82 Å². The first-order chi connectivity index (χ1) is 4.04. The number of rotatable bonds is 1. The first-order valence-electron chi connectivity index (χ1n) is 2.19. The summed E-state index contributed by atoms with van der Waals surface area (Å²) in [6.07, 6.45) is 0. The molecule has 4 nitrogen and oxygen atoms in total. The minimum absolute atomic E-state index is 0.100. The Kier molecular flexibility index (Phi) is 2.84. The highest BCUT2D eigenvalue weighted by atomic mass is 32.2. The van der Waals surface area contributed by atoms with E-state index in [1.807, 2.05) is 5.02 Å². The standard InChI is InChI=1S/C4H8N2O2S/c1-6(2)4(5)3-9(7)8/h5H2,1-2H3. The van der Waals surface area contributed by atoms with Crippen molar-refractivity contribution in [2.45, 2.75) is 0 Å². The van der Waals surface area contributed by atoms with Gasteiger partial charge in [0.2, 0.25) is 0 Å². The Hall–Kier alpha value is -0.930. The van der Waals surface area contributed by atoms with E-state index >= 15 is 0 Å². The van der Waals surface area contributed by atoms with Gasteiger partial charge in [-0.05, 0) is 0 Å². The van der Waals surface area contributed by atoms with Crippen molar-refractivity contribution in [2.24, 2.45) is 5.73 Å². The molecule has 5 heteroatoms. The van der Waals surface area contributed by atoms with Gasteiger partial charge in [-0.2, -0.15) is 8.42 Å². The maximum atomic E-state index is 9.88. The molecule has 0 atom stereocenters. The lowest BCUT2D eigenvalue weighted by Gasteiger charge is -2.06. The second kappa shape index (κ2) is 3.17. The zero-order chi connectivity index (χ0) is 7.44. The molecule has 0 aromatic heterocycles. The van der Waals surface area contributed by atoms with Crippen LogP contribution in [0.2, 0.25) is 0 Å². The Morgan fingerprint density at radius 1 is 1.56 bits per heavy atom. The first-order valence-corrected chi connectivity index (χ1v) is 3.27. The lowest BCUT2D eigenvalue weighted by atomic mass is 10.7. The zero-order valence-corrected chi connectivity index (χ0v) is 6.07. The number of nitrogens with two attached hydrogens (primary N) is 1. The molecule has 0 aromatic carbocycles. The van der Waals surface area contributed by atoms with E-state index in [0.717, 1.165) is 0 Å². The van der Waals surface area contributed by atoms with E-state index in [9.17, 15) is 8.42 Å². The average Bonchev–Trinajstić information content (AvgIpc) is 1.63. The van der Waals surface area contributed by atoms with E-state index in [1.165, 1.54) is 4.90 Å². The molecule has 0 aromatic rings. The number of hydrogen-bond acceptors (Lipinski definition) is 4. The van der Waals surface area contributed by atoms with E-state index in [1.54, 1.807) is 14.1 Å². The third-order valence-electron chi connectivity index (χ3n) is 0.670. The Bertz CT molecular complexity index is 238. The highest BCUT2D eigenvalue weighted by Gasteiger charge is 1.86. The molecule has 0 heterocycles. The van der Waals surface area contributed by atoms with E-state index in [-0.39, 0.29) is 5.82 Å².